The summed E-state index contributed by atoms with van der Waals surface area (Å²) in [6.45, 7) is 0. The highest BCUT2D eigenvalue weighted by Gasteiger charge is 2.06. The van der Waals surface area contributed by atoms with Crippen molar-refractivity contribution in [2.24, 2.45) is 0 Å². The van der Waals surface area contributed by atoms with E-state index in [0.29, 0.717) is 6.42 Å². The van der Waals surface area contributed by atoms with Crippen LogP contribution in [0.2, 0.25) is 0 Å². The van der Waals surface area contributed by atoms with Gasteiger partial charge in [0.25, 0.3) is 0 Å². The minimum atomic E-state index is 0. The van der Waals surface area contributed by atoms with E-state index in [2.05, 4.69) is 27.0 Å². The van der Waals surface area contributed by atoms with Crippen LogP contribution in [0.15, 0.2) is 5.38 Å². The fourth-order valence-corrected chi connectivity index (χ4v) is 1.88. The maximum absolute atomic E-state index is 8.33. The van der Waals surface area contributed by atoms with Crippen molar-refractivity contribution in [3.8, 4) is 6.07 Å². The van der Waals surface area contributed by atoms with Crippen LogP contribution in [0, 0.1) is 11.3 Å². The van der Waals surface area contributed by atoms with Crippen LogP contribution in [-0.4, -0.2) is 0 Å². The van der Waals surface area contributed by atoms with Gasteiger partial charge in [0, 0.05) is 0 Å². The van der Waals surface area contributed by atoms with Crippen molar-refractivity contribution in [2.45, 2.75) is 11.8 Å². The molecular weight excluding hydrogens is 292 g/mol. The number of rotatable bonds is 2. The molecule has 0 spiro atoms. The van der Waals surface area contributed by atoms with Gasteiger partial charge in [0.05, 0.1) is 16.8 Å². The van der Waals surface area contributed by atoms with Gasteiger partial charge in [-0.15, -0.1) is 0 Å². The predicted molar refractivity (Wildman–Crippen MR) is 42.8 cm³/mol. The van der Waals surface area contributed by atoms with E-state index < -0.39 is 0 Å². The zero-order valence-corrected chi connectivity index (χ0v) is 9.59. The van der Waals surface area contributed by atoms with Crippen LogP contribution in [0.3, 0.4) is 0 Å². The molecule has 1 rings (SSSR count). The summed E-state index contributed by atoms with van der Waals surface area (Å²) < 4.78 is 0. The molecule has 60 valence electrons. The fraction of sp³-hybridized carbons (Fsp3) is 0.333. The molecule has 0 aliphatic rings. The van der Waals surface area contributed by atoms with Crippen molar-refractivity contribution < 1.29 is 22.0 Å². The van der Waals surface area contributed by atoms with Crippen LogP contribution >= 0.6 is 27.3 Å². The Morgan fingerprint density at radius 1 is 1.73 bits per heavy atom. The second-order valence-corrected chi connectivity index (χ2v) is 3.30. The van der Waals surface area contributed by atoms with Crippen LogP contribution in [0.4, 0.5) is 0 Å². The third-order valence-corrected chi connectivity index (χ3v) is 2.56. The van der Waals surface area contributed by atoms with Gasteiger partial charge in [-0.05, 0) is 0 Å². The summed E-state index contributed by atoms with van der Waals surface area (Å²) in [5, 5.41) is 12.2. The first-order valence-electron chi connectivity index (χ1n) is 2.78. The molecule has 0 unspecified atom stereocenters. The van der Waals surface area contributed by atoms with E-state index in [1.54, 1.807) is 11.3 Å². The number of alkyl halides is 1. The van der Waals surface area contributed by atoms with Crippen LogP contribution < -0.4 is 22.0 Å². The first kappa shape index (κ1) is 11.1. The Balaban J connectivity index is 0.000001000. The molecule has 0 fully saturated rings. The number of halogens is 2. The van der Waals surface area contributed by atoms with Gasteiger partial charge in [-0.3, -0.25) is 0 Å². The Bertz CT molecular complexity index is 253. The van der Waals surface area contributed by atoms with Gasteiger partial charge in [0.1, 0.15) is 6.42 Å². The molecule has 1 aromatic heterocycles. The van der Waals surface area contributed by atoms with Gasteiger partial charge in [0.15, 0.2) is 0 Å². The summed E-state index contributed by atoms with van der Waals surface area (Å²) in [5.41, 5.74) is 1.13. The van der Waals surface area contributed by atoms with E-state index >= 15 is 0 Å². The highest BCUT2D eigenvalue weighted by Crippen LogP contribution is 2.07. The van der Waals surface area contributed by atoms with E-state index in [-0.39, 0.29) is 17.0 Å². The zero-order valence-electron chi connectivity index (χ0n) is 5.60. The molecule has 0 aromatic carbocycles. The lowest BCUT2D eigenvalue weighted by molar-refractivity contribution is -0.390. The lowest BCUT2D eigenvalue weighted by Crippen LogP contribution is -3.00. The van der Waals surface area contributed by atoms with E-state index in [4.69, 9.17) is 5.26 Å². The number of aromatic nitrogens is 1. The summed E-state index contributed by atoms with van der Waals surface area (Å²) in [4.78, 5) is 3.11. The average Bonchev–Trinajstić information content (AvgIpc) is 2.37. The van der Waals surface area contributed by atoms with Gasteiger partial charge in [-0.2, -0.15) is 5.26 Å². The van der Waals surface area contributed by atoms with Crippen molar-refractivity contribution >= 4 is 27.3 Å². The molecule has 1 heterocycles. The van der Waals surface area contributed by atoms with Crippen LogP contribution in [0.1, 0.15) is 10.7 Å². The number of nitrogens with one attached hydrogen (secondary N) is 1. The third kappa shape index (κ3) is 3.32. The van der Waals surface area contributed by atoms with E-state index in [0.717, 1.165) is 16.0 Å². The quantitative estimate of drug-likeness (QED) is 0.614. The minimum absolute atomic E-state index is 0. The standard InChI is InChI=1S/C6H5BrN2S.BrH/c7-3-5-4-10-6(9-5)1-2-8;/h4H,1,3H2;1H. The molecule has 1 N–H and O–H groups in total. The molecule has 11 heavy (non-hydrogen) atoms. The second-order valence-electron chi connectivity index (χ2n) is 1.78. The van der Waals surface area contributed by atoms with Gasteiger partial charge < -0.3 is 17.0 Å². The molecule has 1 aromatic rings. The average molecular weight is 298 g/mol. The Hall–Kier alpha value is 0.0800. The van der Waals surface area contributed by atoms with Gasteiger partial charge >= 0.3 is 0 Å². The Labute approximate surface area is 88.2 Å². The van der Waals surface area contributed by atoms with Gasteiger partial charge in [-0.25, -0.2) is 4.98 Å². The maximum Gasteiger partial charge on any atom is 0.250 e. The number of aromatic amines is 1. The SMILES string of the molecule is N#CCc1[nH+]c(CBr)cs1.[Br-]. The number of hydrogen-bond acceptors (Lipinski definition) is 2. The van der Waals surface area contributed by atoms with Gasteiger partial charge in [-0.1, -0.05) is 27.3 Å². The number of thiazole rings is 1. The Kier molecular flexibility index (Phi) is 5.74. The molecule has 0 aliphatic carbocycles. The minimum Gasteiger partial charge on any atom is -1.00 e. The zero-order chi connectivity index (χ0) is 7.40. The van der Waals surface area contributed by atoms with Crippen LogP contribution in [0.25, 0.3) is 0 Å². The molecule has 5 heteroatoms. The Morgan fingerprint density at radius 3 is 2.91 bits per heavy atom. The molecule has 0 radical (unpaired) electrons. The lowest BCUT2D eigenvalue weighted by Gasteiger charge is -1.73. The number of nitrogens with zero attached hydrogens (tertiary/aromatic N) is 1. The van der Waals surface area contributed by atoms with Crippen molar-refractivity contribution in [3.63, 3.8) is 0 Å². The second kappa shape index (κ2) is 5.70. The molecule has 0 saturated heterocycles. The van der Waals surface area contributed by atoms with Crippen LogP contribution in [0.5, 0.6) is 0 Å². The molecule has 0 bridgehead atoms. The number of nitriles is 1. The lowest BCUT2D eigenvalue weighted by atomic mass is 10.5. The summed E-state index contributed by atoms with van der Waals surface area (Å²) >= 11 is 4.91. The molecule has 0 amide bonds. The summed E-state index contributed by atoms with van der Waals surface area (Å²) in [7, 11) is 0. The van der Waals surface area contributed by atoms with Gasteiger partial charge in [0.2, 0.25) is 10.7 Å². The van der Waals surface area contributed by atoms with Crippen LogP contribution in [-0.2, 0) is 11.8 Å². The normalized spacial score (nSPS) is 8.36. The van der Waals surface area contributed by atoms with E-state index in [1.165, 1.54) is 0 Å². The highest BCUT2D eigenvalue weighted by molar-refractivity contribution is 9.08. The summed E-state index contributed by atoms with van der Waals surface area (Å²) in [6, 6.07) is 2.09. The Morgan fingerprint density at radius 2 is 2.45 bits per heavy atom. The smallest absolute Gasteiger partial charge is 0.250 e. The van der Waals surface area contributed by atoms with Crippen molar-refractivity contribution in [3.05, 3.63) is 16.1 Å². The number of H-pyrrole nitrogens is 1. The molecule has 0 aliphatic heterocycles. The van der Waals surface area contributed by atoms with Crippen molar-refractivity contribution in [2.75, 3.05) is 0 Å². The first-order valence-corrected chi connectivity index (χ1v) is 4.78. The molecule has 0 atom stereocenters. The van der Waals surface area contributed by atoms with Crippen molar-refractivity contribution in [1.82, 2.24) is 0 Å². The van der Waals surface area contributed by atoms with E-state index in [1.807, 2.05) is 5.38 Å². The monoisotopic (exact) mass is 296 g/mol. The van der Waals surface area contributed by atoms with E-state index in [9.17, 15) is 0 Å². The largest absolute Gasteiger partial charge is 1.00 e. The summed E-state index contributed by atoms with van der Waals surface area (Å²) in [5.74, 6) is 0. The number of hydrogen-bond donors (Lipinski definition) is 0. The third-order valence-electron chi connectivity index (χ3n) is 1.03. The first-order chi connectivity index (χ1) is 4.86. The maximum atomic E-state index is 8.33. The van der Waals surface area contributed by atoms with Crippen molar-refractivity contribution in [1.29, 1.82) is 5.26 Å². The molecular formula is C6H6Br2N2S. The predicted octanol–water partition coefficient (Wildman–Crippen LogP) is -1.47. The fourth-order valence-electron chi connectivity index (χ4n) is 0.603. The summed E-state index contributed by atoms with van der Waals surface area (Å²) in [6.07, 6.45) is 0.484. The highest BCUT2D eigenvalue weighted by atomic mass is 79.9. The topological polar surface area (TPSA) is 37.9 Å². The molecule has 2 nitrogen and oxygen atoms in total. The molecule has 0 saturated carbocycles.